The van der Waals surface area contributed by atoms with Gasteiger partial charge < -0.3 is 10.1 Å². The van der Waals surface area contributed by atoms with Gasteiger partial charge in [-0.25, -0.2) is 22.0 Å². The maximum atomic E-state index is 13.3. The molecular formula is C15H20F3N3O6S2. The van der Waals surface area contributed by atoms with E-state index < -0.39 is 53.7 Å². The van der Waals surface area contributed by atoms with Gasteiger partial charge in [0.2, 0.25) is 20.0 Å². The summed E-state index contributed by atoms with van der Waals surface area (Å²) in [4.78, 5) is 9.30. The Bertz CT molecular complexity index is 993. The standard InChI is InChI=1S/C15H20F3N3O6S2/c1-2-27-14(22)6-4-3-5-13-20-10-7-9(15(16,17)18)11(28(19,23)24)8-12(10)29(25,26)21-13/h7-8,13,20-21H,2-6H2,1H3,(H2,19,23,24). The Morgan fingerprint density at radius 1 is 1.28 bits per heavy atom. The van der Waals surface area contributed by atoms with Gasteiger partial charge in [0.1, 0.15) is 4.90 Å². The molecule has 0 amide bonds. The van der Waals surface area contributed by atoms with Gasteiger partial charge in [-0.15, -0.1) is 0 Å². The zero-order valence-corrected chi connectivity index (χ0v) is 16.9. The minimum atomic E-state index is -5.07. The molecule has 1 aromatic carbocycles. The fourth-order valence-corrected chi connectivity index (χ4v) is 5.00. The monoisotopic (exact) mass is 459 g/mol. The number of unbranched alkanes of at least 4 members (excludes halogenated alkanes) is 1. The highest BCUT2D eigenvalue weighted by atomic mass is 32.2. The first-order valence-corrected chi connectivity index (χ1v) is 11.5. The molecule has 29 heavy (non-hydrogen) atoms. The molecule has 1 aliphatic rings. The molecule has 1 unspecified atom stereocenters. The molecule has 1 aromatic rings. The minimum absolute atomic E-state index is 0.125. The average Bonchev–Trinajstić information content (AvgIpc) is 2.56. The maximum absolute atomic E-state index is 13.3. The molecule has 0 bridgehead atoms. The lowest BCUT2D eigenvalue weighted by Gasteiger charge is -2.29. The predicted octanol–water partition coefficient (Wildman–Crippen LogP) is 1.51. The number of rotatable bonds is 7. The summed E-state index contributed by atoms with van der Waals surface area (Å²) in [5, 5.41) is 7.44. The number of carbonyl (C=O) groups excluding carboxylic acids is 1. The summed E-state index contributed by atoms with van der Waals surface area (Å²) < 4.78 is 94.7. The third kappa shape index (κ3) is 5.81. The molecule has 0 saturated heterocycles. The van der Waals surface area contributed by atoms with Crippen molar-refractivity contribution in [3.05, 3.63) is 17.7 Å². The Morgan fingerprint density at radius 2 is 1.93 bits per heavy atom. The molecule has 1 atom stereocenters. The fourth-order valence-electron chi connectivity index (χ4n) is 2.80. The minimum Gasteiger partial charge on any atom is -0.466 e. The van der Waals surface area contributed by atoms with Crippen molar-refractivity contribution < 1.29 is 39.5 Å². The van der Waals surface area contributed by atoms with E-state index in [4.69, 9.17) is 9.88 Å². The van der Waals surface area contributed by atoms with Crippen LogP contribution in [0.2, 0.25) is 0 Å². The Kier molecular flexibility index (Phi) is 6.82. The summed E-state index contributed by atoms with van der Waals surface area (Å²) in [5.74, 6) is -0.402. The van der Waals surface area contributed by atoms with E-state index in [2.05, 4.69) is 10.0 Å². The van der Waals surface area contributed by atoms with Gasteiger partial charge in [0.15, 0.2) is 0 Å². The summed E-state index contributed by atoms with van der Waals surface area (Å²) in [6, 6.07) is 0.804. The largest absolute Gasteiger partial charge is 0.466 e. The van der Waals surface area contributed by atoms with Crippen molar-refractivity contribution in [2.45, 2.75) is 54.7 Å². The van der Waals surface area contributed by atoms with Crippen LogP contribution in [-0.4, -0.2) is 35.6 Å². The molecule has 0 aliphatic carbocycles. The van der Waals surface area contributed by atoms with Crippen LogP contribution in [0.15, 0.2) is 21.9 Å². The van der Waals surface area contributed by atoms with E-state index in [9.17, 15) is 34.8 Å². The molecule has 14 heteroatoms. The number of nitrogens with two attached hydrogens (primary N) is 1. The number of ether oxygens (including phenoxy) is 1. The van der Waals surface area contributed by atoms with Crippen LogP contribution in [0.1, 0.15) is 38.2 Å². The van der Waals surface area contributed by atoms with Gasteiger partial charge in [0.25, 0.3) is 0 Å². The van der Waals surface area contributed by atoms with E-state index in [1.807, 2.05) is 0 Å². The van der Waals surface area contributed by atoms with Gasteiger partial charge in [-0.05, 0) is 38.3 Å². The molecule has 0 saturated carbocycles. The zero-order valence-electron chi connectivity index (χ0n) is 15.2. The first kappa shape index (κ1) is 23.4. The fraction of sp³-hybridized carbons (Fsp3) is 0.533. The lowest BCUT2D eigenvalue weighted by Crippen LogP contribution is -2.45. The second-order valence-corrected chi connectivity index (χ2v) is 9.47. The number of hydrogen-bond acceptors (Lipinski definition) is 7. The van der Waals surface area contributed by atoms with Crippen molar-refractivity contribution in [3.63, 3.8) is 0 Å². The van der Waals surface area contributed by atoms with E-state index in [0.29, 0.717) is 25.0 Å². The van der Waals surface area contributed by atoms with Crippen molar-refractivity contribution in [1.82, 2.24) is 4.72 Å². The van der Waals surface area contributed by atoms with Gasteiger partial charge in [-0.3, -0.25) is 4.79 Å². The average molecular weight is 459 g/mol. The zero-order chi connectivity index (χ0) is 22.0. The van der Waals surface area contributed by atoms with Crippen molar-refractivity contribution in [1.29, 1.82) is 0 Å². The normalized spacial score (nSPS) is 18.6. The second kappa shape index (κ2) is 8.45. The molecule has 0 spiro atoms. The van der Waals surface area contributed by atoms with E-state index >= 15 is 0 Å². The van der Waals surface area contributed by atoms with Gasteiger partial charge in [-0.2, -0.15) is 17.9 Å². The number of anilines is 1. The third-order valence-corrected chi connectivity index (χ3v) is 6.50. The topological polar surface area (TPSA) is 145 Å². The Morgan fingerprint density at radius 3 is 2.48 bits per heavy atom. The molecule has 2 rings (SSSR count). The van der Waals surface area contributed by atoms with Crippen LogP contribution >= 0.6 is 0 Å². The highest BCUT2D eigenvalue weighted by molar-refractivity contribution is 7.90. The van der Waals surface area contributed by atoms with Crippen molar-refractivity contribution in [2.24, 2.45) is 5.14 Å². The highest BCUT2D eigenvalue weighted by Gasteiger charge is 2.40. The number of esters is 1. The van der Waals surface area contributed by atoms with Crippen LogP contribution in [0, 0.1) is 0 Å². The number of halogens is 3. The SMILES string of the molecule is CCOC(=O)CCCCC1Nc2cc(C(F)(F)F)c(S(N)(=O)=O)cc2S(=O)(=O)N1. The van der Waals surface area contributed by atoms with Gasteiger partial charge in [-0.1, -0.05) is 0 Å². The molecule has 0 fully saturated rings. The van der Waals surface area contributed by atoms with Crippen molar-refractivity contribution in [2.75, 3.05) is 11.9 Å². The van der Waals surface area contributed by atoms with Gasteiger partial charge in [0.05, 0.1) is 28.9 Å². The number of carbonyl (C=O) groups is 1. The molecule has 1 heterocycles. The number of alkyl halides is 3. The number of primary sulfonamides is 1. The number of sulfonamides is 2. The lowest BCUT2D eigenvalue weighted by atomic mass is 10.1. The third-order valence-electron chi connectivity index (χ3n) is 4.04. The van der Waals surface area contributed by atoms with E-state index in [-0.39, 0.29) is 25.1 Å². The number of benzene rings is 1. The van der Waals surface area contributed by atoms with Crippen LogP contribution in [0.3, 0.4) is 0 Å². The molecule has 1 aliphatic heterocycles. The van der Waals surface area contributed by atoms with E-state index in [1.165, 1.54) is 0 Å². The molecule has 4 N–H and O–H groups in total. The first-order chi connectivity index (χ1) is 13.3. The summed E-state index contributed by atoms with van der Waals surface area (Å²) in [7, 11) is -9.12. The van der Waals surface area contributed by atoms with Crippen LogP contribution in [0.25, 0.3) is 0 Å². The Balaban J connectivity index is 2.27. The number of fused-ring (bicyclic) bond motifs is 1. The molecule has 0 radical (unpaired) electrons. The van der Waals surface area contributed by atoms with Crippen LogP contribution < -0.4 is 15.2 Å². The lowest BCUT2D eigenvalue weighted by molar-refractivity contribution is -0.143. The Hall–Kier alpha value is -1.90. The van der Waals surface area contributed by atoms with Crippen molar-refractivity contribution >= 4 is 31.7 Å². The van der Waals surface area contributed by atoms with Crippen LogP contribution in [0.5, 0.6) is 0 Å². The second-order valence-electron chi connectivity index (χ2n) is 6.26. The van der Waals surface area contributed by atoms with Crippen molar-refractivity contribution in [3.8, 4) is 0 Å². The number of nitrogens with one attached hydrogen (secondary N) is 2. The first-order valence-electron chi connectivity index (χ1n) is 8.48. The predicted molar refractivity (Wildman–Crippen MR) is 95.7 cm³/mol. The summed E-state index contributed by atoms with van der Waals surface area (Å²) in [5.41, 5.74) is -1.96. The van der Waals surface area contributed by atoms with E-state index in [1.54, 1.807) is 6.92 Å². The molecule has 164 valence electrons. The number of hydrogen-bond donors (Lipinski definition) is 3. The summed E-state index contributed by atoms with van der Waals surface area (Å²) >= 11 is 0. The quantitative estimate of drug-likeness (QED) is 0.414. The van der Waals surface area contributed by atoms with Gasteiger partial charge >= 0.3 is 12.1 Å². The highest BCUT2D eigenvalue weighted by Crippen LogP contribution is 2.39. The van der Waals surface area contributed by atoms with Crippen LogP contribution in [0.4, 0.5) is 18.9 Å². The van der Waals surface area contributed by atoms with Gasteiger partial charge in [0, 0.05) is 6.42 Å². The molecule has 0 aromatic heterocycles. The van der Waals surface area contributed by atoms with Crippen LogP contribution in [-0.2, 0) is 35.8 Å². The Labute approximate surface area is 165 Å². The maximum Gasteiger partial charge on any atom is 0.417 e. The molecule has 9 nitrogen and oxygen atoms in total. The van der Waals surface area contributed by atoms with E-state index in [0.717, 1.165) is 0 Å². The summed E-state index contributed by atoms with van der Waals surface area (Å²) in [6.45, 7) is 1.90. The summed E-state index contributed by atoms with van der Waals surface area (Å²) in [6.07, 6.45) is -4.92. The smallest absolute Gasteiger partial charge is 0.417 e. The molecular weight excluding hydrogens is 439 g/mol.